The van der Waals surface area contributed by atoms with Crippen molar-refractivity contribution in [1.82, 2.24) is 14.7 Å². The van der Waals surface area contributed by atoms with Gasteiger partial charge in [-0.3, -0.25) is 4.90 Å². The summed E-state index contributed by atoms with van der Waals surface area (Å²) in [6.45, 7) is 3.31. The van der Waals surface area contributed by atoms with Crippen LogP contribution in [-0.2, 0) is 4.79 Å². The highest BCUT2D eigenvalue weighted by molar-refractivity contribution is 5.83. The summed E-state index contributed by atoms with van der Waals surface area (Å²) in [4.78, 5) is 28.7. The summed E-state index contributed by atoms with van der Waals surface area (Å²) in [5, 5.41) is 27.7. The Bertz CT molecular complexity index is 392. The highest BCUT2D eigenvalue weighted by Crippen LogP contribution is 2.20. The molecule has 0 spiro atoms. The minimum absolute atomic E-state index is 0.0760. The second kappa shape index (κ2) is 7.06. The van der Waals surface area contributed by atoms with Crippen molar-refractivity contribution in [3.05, 3.63) is 0 Å². The van der Waals surface area contributed by atoms with Crippen LogP contribution in [0, 0.1) is 0 Å². The lowest BCUT2D eigenvalue weighted by molar-refractivity contribution is -0.141. The summed E-state index contributed by atoms with van der Waals surface area (Å²) in [6, 6.07) is -1.26. The first-order valence-corrected chi connectivity index (χ1v) is 7.32. The van der Waals surface area contributed by atoms with Gasteiger partial charge in [-0.05, 0) is 13.0 Å². The first-order chi connectivity index (χ1) is 10.0. The number of hydrogen-bond acceptors (Lipinski definition) is 5. The van der Waals surface area contributed by atoms with Gasteiger partial charge in [0.2, 0.25) is 0 Å². The monoisotopic (exact) mass is 301 g/mol. The molecule has 2 aliphatic rings. The quantitative estimate of drug-likeness (QED) is 0.594. The zero-order valence-electron chi connectivity index (χ0n) is 12.0. The van der Waals surface area contributed by atoms with Gasteiger partial charge in [0.1, 0.15) is 6.04 Å². The predicted molar refractivity (Wildman–Crippen MR) is 73.9 cm³/mol. The number of hydrogen-bond donors (Lipinski definition) is 3. The molecule has 120 valence electrons. The third-order valence-electron chi connectivity index (χ3n) is 4.09. The van der Waals surface area contributed by atoms with Crippen LogP contribution < -0.4 is 0 Å². The van der Waals surface area contributed by atoms with E-state index in [4.69, 9.17) is 10.2 Å². The molecule has 2 aliphatic heterocycles. The van der Waals surface area contributed by atoms with Crippen molar-refractivity contribution < 1.29 is 24.9 Å². The van der Waals surface area contributed by atoms with Gasteiger partial charge >= 0.3 is 12.0 Å². The van der Waals surface area contributed by atoms with Crippen LogP contribution in [0.3, 0.4) is 0 Å². The Hall–Kier alpha value is -1.38. The summed E-state index contributed by atoms with van der Waals surface area (Å²) in [7, 11) is 0. The molecule has 8 nitrogen and oxygen atoms in total. The molecule has 0 unspecified atom stereocenters. The molecule has 0 aromatic carbocycles. The average Bonchev–Trinajstić information content (AvgIpc) is 2.68. The van der Waals surface area contributed by atoms with Crippen LogP contribution in [0.5, 0.6) is 0 Å². The van der Waals surface area contributed by atoms with E-state index >= 15 is 0 Å². The van der Waals surface area contributed by atoms with E-state index in [0.717, 1.165) is 13.0 Å². The normalized spacial score (nSPS) is 27.7. The molecule has 2 fully saturated rings. The van der Waals surface area contributed by atoms with Gasteiger partial charge in [0, 0.05) is 39.1 Å². The molecule has 3 N–H and O–H groups in total. The molecule has 8 heteroatoms. The largest absolute Gasteiger partial charge is 0.480 e. The fourth-order valence-electron chi connectivity index (χ4n) is 2.97. The number of carboxylic acids is 1. The Labute approximate surface area is 123 Å². The van der Waals surface area contributed by atoms with E-state index in [-0.39, 0.29) is 25.6 Å². The molecular formula is C13H23N3O5. The van der Waals surface area contributed by atoms with Crippen LogP contribution in [0.15, 0.2) is 0 Å². The summed E-state index contributed by atoms with van der Waals surface area (Å²) in [5.41, 5.74) is 0. The SMILES string of the molecule is O=C(O)[C@@H]1C[C@@H](O)CN1C(=O)N1CCCN(CCO)CC1. The molecule has 0 aromatic heterocycles. The minimum atomic E-state index is -1.07. The molecule has 2 atom stereocenters. The number of β-amino-alcohol motifs (C(OH)–C–C–N with tert-alkyl or cyclic N) is 2. The van der Waals surface area contributed by atoms with Gasteiger partial charge in [-0.1, -0.05) is 0 Å². The number of nitrogens with zero attached hydrogens (tertiary/aromatic N) is 3. The van der Waals surface area contributed by atoms with Crippen LogP contribution in [0.1, 0.15) is 12.8 Å². The van der Waals surface area contributed by atoms with E-state index in [1.54, 1.807) is 4.90 Å². The molecule has 0 radical (unpaired) electrons. The predicted octanol–water partition coefficient (Wildman–Crippen LogP) is -1.37. The number of aliphatic hydroxyl groups excluding tert-OH is 2. The van der Waals surface area contributed by atoms with Crippen molar-refractivity contribution in [1.29, 1.82) is 0 Å². The number of aliphatic carboxylic acids is 1. The highest BCUT2D eigenvalue weighted by atomic mass is 16.4. The maximum Gasteiger partial charge on any atom is 0.326 e. The Morgan fingerprint density at radius 1 is 1.14 bits per heavy atom. The Morgan fingerprint density at radius 2 is 1.90 bits per heavy atom. The smallest absolute Gasteiger partial charge is 0.326 e. The summed E-state index contributed by atoms with van der Waals surface area (Å²) < 4.78 is 0. The van der Waals surface area contributed by atoms with Crippen molar-refractivity contribution in [2.24, 2.45) is 0 Å². The van der Waals surface area contributed by atoms with Crippen molar-refractivity contribution in [2.45, 2.75) is 25.0 Å². The van der Waals surface area contributed by atoms with Crippen LogP contribution >= 0.6 is 0 Å². The maximum atomic E-state index is 12.5. The van der Waals surface area contributed by atoms with Gasteiger partial charge < -0.3 is 25.1 Å². The minimum Gasteiger partial charge on any atom is -0.480 e. The van der Waals surface area contributed by atoms with E-state index in [9.17, 15) is 14.7 Å². The van der Waals surface area contributed by atoms with E-state index in [2.05, 4.69) is 4.90 Å². The van der Waals surface area contributed by atoms with Crippen LogP contribution in [0.2, 0.25) is 0 Å². The molecule has 0 aliphatic carbocycles. The number of carboxylic acid groups (broad SMARTS) is 1. The van der Waals surface area contributed by atoms with Crippen LogP contribution in [0.25, 0.3) is 0 Å². The zero-order valence-corrected chi connectivity index (χ0v) is 12.0. The summed E-state index contributed by atoms with van der Waals surface area (Å²) in [5.74, 6) is -1.07. The highest BCUT2D eigenvalue weighted by Gasteiger charge is 2.40. The van der Waals surface area contributed by atoms with Crippen molar-refractivity contribution in [3.8, 4) is 0 Å². The lowest BCUT2D eigenvalue weighted by Gasteiger charge is -2.29. The third kappa shape index (κ3) is 3.84. The van der Waals surface area contributed by atoms with Crippen LogP contribution in [-0.4, -0.2) is 100 Å². The second-order valence-corrected chi connectivity index (χ2v) is 5.58. The van der Waals surface area contributed by atoms with Gasteiger partial charge in [-0.25, -0.2) is 9.59 Å². The Kier molecular flexibility index (Phi) is 5.38. The van der Waals surface area contributed by atoms with Crippen LogP contribution in [0.4, 0.5) is 4.79 Å². The van der Waals surface area contributed by atoms with E-state index in [0.29, 0.717) is 26.2 Å². The fourth-order valence-corrected chi connectivity index (χ4v) is 2.97. The van der Waals surface area contributed by atoms with Gasteiger partial charge in [-0.15, -0.1) is 0 Å². The van der Waals surface area contributed by atoms with E-state index in [1.807, 2.05) is 0 Å². The fraction of sp³-hybridized carbons (Fsp3) is 0.846. The molecule has 2 saturated heterocycles. The van der Waals surface area contributed by atoms with E-state index in [1.165, 1.54) is 4.90 Å². The number of carbonyl (C=O) groups excluding carboxylic acids is 1. The Balaban J connectivity index is 1.97. The average molecular weight is 301 g/mol. The number of carbonyl (C=O) groups is 2. The van der Waals surface area contributed by atoms with Crippen molar-refractivity contribution in [2.75, 3.05) is 45.9 Å². The number of likely N-dealkylation sites (tertiary alicyclic amines) is 1. The summed E-state index contributed by atoms with van der Waals surface area (Å²) in [6.07, 6.45) is 0.110. The Morgan fingerprint density at radius 3 is 2.57 bits per heavy atom. The first kappa shape index (κ1) is 16.0. The van der Waals surface area contributed by atoms with Gasteiger partial charge in [0.15, 0.2) is 0 Å². The second-order valence-electron chi connectivity index (χ2n) is 5.58. The molecule has 2 amide bonds. The standard InChI is InChI=1S/C13H23N3O5/c17-7-6-14-2-1-3-15(5-4-14)13(21)16-9-10(18)8-11(16)12(19)20/h10-11,17-18H,1-9H2,(H,19,20)/t10-,11+/m1/s1. The van der Waals surface area contributed by atoms with Crippen molar-refractivity contribution >= 4 is 12.0 Å². The number of rotatable bonds is 3. The lowest BCUT2D eigenvalue weighted by Crippen LogP contribution is -2.49. The number of urea groups is 1. The number of aliphatic hydroxyl groups is 2. The zero-order chi connectivity index (χ0) is 15.4. The third-order valence-corrected chi connectivity index (χ3v) is 4.09. The maximum absolute atomic E-state index is 12.5. The molecule has 2 rings (SSSR count). The van der Waals surface area contributed by atoms with Gasteiger partial charge in [-0.2, -0.15) is 0 Å². The molecule has 0 saturated carbocycles. The topological polar surface area (TPSA) is 105 Å². The molecule has 0 aromatic rings. The van der Waals surface area contributed by atoms with Crippen molar-refractivity contribution in [3.63, 3.8) is 0 Å². The van der Waals surface area contributed by atoms with E-state index < -0.39 is 18.1 Å². The number of amides is 2. The molecular weight excluding hydrogens is 278 g/mol. The van der Waals surface area contributed by atoms with Gasteiger partial charge in [0.25, 0.3) is 0 Å². The molecule has 21 heavy (non-hydrogen) atoms. The van der Waals surface area contributed by atoms with Gasteiger partial charge in [0.05, 0.1) is 12.7 Å². The first-order valence-electron chi connectivity index (χ1n) is 7.32. The molecule has 0 bridgehead atoms. The molecule has 2 heterocycles. The lowest BCUT2D eigenvalue weighted by atomic mass is 10.2. The summed E-state index contributed by atoms with van der Waals surface area (Å²) >= 11 is 0.